The molecule has 13 rings (SSSR count). The second-order valence-electron chi connectivity index (χ2n) is 29.8. The number of aromatic hydroxyl groups is 3. The minimum absolute atomic E-state index is 0.0643. The highest BCUT2D eigenvalue weighted by Crippen LogP contribution is 2.53. The van der Waals surface area contributed by atoms with Crippen LogP contribution < -0.4 is 9.96 Å². The summed E-state index contributed by atoms with van der Waals surface area (Å²) < 4.78 is 154. The number of quaternary nitrogens is 1. The Balaban J connectivity index is 0.643. The molecule has 0 aromatic heterocycles. The van der Waals surface area contributed by atoms with Crippen molar-refractivity contribution < 1.29 is 184 Å². The van der Waals surface area contributed by atoms with E-state index in [9.17, 15) is 66.0 Å². The van der Waals surface area contributed by atoms with E-state index in [4.69, 9.17) is 142 Å². The highest BCUT2D eigenvalue weighted by atomic mass is 35.5. The summed E-state index contributed by atoms with van der Waals surface area (Å²) in [7, 11) is 5.18. The molecule has 0 saturated carbocycles. The molecular weight excluding hydrogens is 1520 g/mol. The molecular formula is C69H97Cl2NO38. The number of phenols is 3. The molecule has 11 saturated heterocycles. The molecule has 11 heterocycles. The van der Waals surface area contributed by atoms with Crippen LogP contribution in [0.15, 0.2) is 12.1 Å². The van der Waals surface area contributed by atoms with Gasteiger partial charge in [-0.05, 0) is 79.5 Å². The van der Waals surface area contributed by atoms with Gasteiger partial charge in [-0.1, -0.05) is 23.2 Å². The molecule has 2 aromatic carbocycles. The molecule has 620 valence electrons. The van der Waals surface area contributed by atoms with Crippen LogP contribution in [0.4, 0.5) is 0 Å². The molecule has 41 heteroatoms. The van der Waals surface area contributed by atoms with E-state index in [1.807, 2.05) is 0 Å². The Morgan fingerprint density at radius 3 is 1.98 bits per heavy atom. The van der Waals surface area contributed by atoms with Crippen LogP contribution in [-0.2, 0) is 114 Å². The highest BCUT2D eigenvalue weighted by molar-refractivity contribution is 6.39. The van der Waals surface area contributed by atoms with Gasteiger partial charge in [0.15, 0.2) is 73.1 Å². The zero-order valence-electron chi connectivity index (χ0n) is 62.2. The fourth-order valence-electron chi connectivity index (χ4n) is 16.6. The van der Waals surface area contributed by atoms with Crippen LogP contribution in [0.25, 0.3) is 0 Å². The van der Waals surface area contributed by atoms with Crippen LogP contribution in [0, 0.1) is 19.1 Å². The summed E-state index contributed by atoms with van der Waals surface area (Å²) in [5, 5.41) is 124. The number of aliphatic hydroxyl groups is 6. The van der Waals surface area contributed by atoms with Crippen molar-refractivity contribution in [1.82, 2.24) is 0 Å². The number of methoxy groups -OCH3 is 4. The first-order chi connectivity index (χ1) is 52.0. The lowest BCUT2D eigenvalue weighted by atomic mass is 9.85. The molecule has 0 bridgehead atoms. The van der Waals surface area contributed by atoms with Gasteiger partial charge < -0.3 is 170 Å². The number of ether oxygens (including phenoxy) is 25. The van der Waals surface area contributed by atoms with E-state index in [1.165, 1.54) is 69.1 Å². The van der Waals surface area contributed by atoms with Crippen LogP contribution in [0.3, 0.4) is 0 Å². The minimum Gasteiger partial charge on any atom is -0.600 e. The molecule has 36 atom stereocenters. The summed E-state index contributed by atoms with van der Waals surface area (Å²) in [6.07, 6.45) is -41.6. The third-order valence-electron chi connectivity index (χ3n) is 22.4. The average molecular weight is 1620 g/mol. The maximum Gasteiger partial charge on any atom is 0.342 e. The number of halogens is 2. The topological polar surface area (TPSA) is 495 Å². The van der Waals surface area contributed by atoms with E-state index in [-0.39, 0.29) is 83.3 Å². The number of hydrogen-bond donors (Lipinski definition) is 11. The van der Waals surface area contributed by atoms with Gasteiger partial charge in [-0.25, -0.2) is 20.0 Å². The molecule has 0 radical (unpaired) electrons. The van der Waals surface area contributed by atoms with Gasteiger partial charge in [-0.2, -0.15) is 0 Å². The van der Waals surface area contributed by atoms with Crippen molar-refractivity contribution in [1.29, 1.82) is 0 Å². The highest BCUT2D eigenvalue weighted by Gasteiger charge is 2.70. The fourth-order valence-corrected chi connectivity index (χ4v) is 17.1. The normalized spacial score (nSPS) is 46.3. The maximum absolute atomic E-state index is 14.2. The van der Waals surface area contributed by atoms with Crippen molar-refractivity contribution in [3.8, 4) is 23.0 Å². The van der Waals surface area contributed by atoms with E-state index >= 15 is 0 Å². The Hall–Kier alpha value is -4.08. The van der Waals surface area contributed by atoms with Gasteiger partial charge in [0, 0.05) is 33.8 Å². The second kappa shape index (κ2) is 32.8. The first-order valence-electron chi connectivity index (χ1n) is 36.0. The Morgan fingerprint density at radius 2 is 1.30 bits per heavy atom. The summed E-state index contributed by atoms with van der Waals surface area (Å²) >= 11 is 12.8. The predicted molar refractivity (Wildman–Crippen MR) is 357 cm³/mol. The summed E-state index contributed by atoms with van der Waals surface area (Å²) in [6.45, 7) is 12.5. The fraction of sp³-hybridized carbons (Fsp3) is 0.797. The first kappa shape index (κ1) is 83.9. The zero-order valence-corrected chi connectivity index (χ0v) is 63.7. The summed E-state index contributed by atoms with van der Waals surface area (Å²) in [6, 6.07) is 2.28. The summed E-state index contributed by atoms with van der Waals surface area (Å²) in [5.41, 5.74) is -3.59. The van der Waals surface area contributed by atoms with Crippen molar-refractivity contribution in [2.24, 2.45) is 0 Å². The van der Waals surface area contributed by atoms with Crippen LogP contribution in [0.1, 0.15) is 99.6 Å². The first-order valence-corrected chi connectivity index (χ1v) is 36.8. The quantitative estimate of drug-likeness (QED) is 0.0565. The summed E-state index contributed by atoms with van der Waals surface area (Å²) in [4.78, 5) is 27.6. The predicted octanol–water partition coefficient (Wildman–Crippen LogP) is -0.897. The van der Waals surface area contributed by atoms with Crippen molar-refractivity contribution in [2.75, 3.05) is 55.1 Å². The molecule has 36 unspecified atom stereocenters. The number of carbonyl (C=O) groups is 2. The van der Waals surface area contributed by atoms with Crippen LogP contribution in [-0.4, -0.2) is 332 Å². The van der Waals surface area contributed by atoms with Crippen LogP contribution in [0.2, 0.25) is 10.0 Å². The van der Waals surface area contributed by atoms with Gasteiger partial charge in [-0.15, -0.1) is 0 Å². The lowest BCUT2D eigenvalue weighted by Crippen LogP contribution is -3.16. The number of aliphatic hydroxyl groups excluding tert-OH is 6. The van der Waals surface area contributed by atoms with E-state index in [0.29, 0.717) is 0 Å². The van der Waals surface area contributed by atoms with Gasteiger partial charge in [0.05, 0.1) is 81.4 Å². The van der Waals surface area contributed by atoms with E-state index < -0.39 is 249 Å². The molecule has 11 fully saturated rings. The van der Waals surface area contributed by atoms with Crippen LogP contribution >= 0.6 is 23.2 Å². The number of aryl methyl sites for hydroxylation is 1. The number of hydroxylamine groups is 2. The van der Waals surface area contributed by atoms with E-state index in [1.54, 1.807) is 27.7 Å². The number of phenolic OH excluding ortho intramolecular Hbond substituents is 3. The number of fused-ring (bicyclic) bond motifs is 4. The molecule has 39 nitrogen and oxygen atoms in total. The number of esters is 2. The van der Waals surface area contributed by atoms with Crippen LogP contribution in [0.5, 0.6) is 23.0 Å². The number of hydrogen-bond acceptors (Lipinski definition) is 38. The minimum atomic E-state index is -2.07. The third-order valence-corrected chi connectivity index (χ3v) is 23.2. The number of nitrogens with one attached hydrogen (secondary N) is 1. The van der Waals surface area contributed by atoms with Crippen molar-refractivity contribution in [2.45, 2.75) is 295 Å². The van der Waals surface area contributed by atoms with E-state index in [0.717, 1.165) is 6.07 Å². The lowest BCUT2D eigenvalue weighted by Gasteiger charge is -2.50. The lowest BCUT2D eigenvalue weighted by molar-refractivity contribution is -1.09. The molecule has 11 aliphatic rings. The van der Waals surface area contributed by atoms with Gasteiger partial charge in [0.1, 0.15) is 138 Å². The Bertz CT molecular complexity index is 3560. The monoisotopic (exact) mass is 1620 g/mol. The Morgan fingerprint density at radius 1 is 0.609 bits per heavy atom. The SMILES string of the molecule is COCC1OC(OC2OCC3OC4(OCC(OC(=O)c5c(C)cc(O)cc5O)C5OCOC54)OC3C2O)C(OC)C(O)C1OC1OC(C)C(OC)C(OC2OC(C)C3OC4(CC(O)C(OC5CC(OC6CC(C)([NH+]([O-])O)C(O)C(C)O6)C(OC(=O)c6c(C)c(Cl)c(O)c(Cl)c6OC)C(C)O5)C(C)O4)OC3(C)C2O)C1O. The molecule has 2 spiro atoms. The van der Waals surface area contributed by atoms with Crippen molar-refractivity contribution in [3.63, 3.8) is 0 Å². The van der Waals surface area contributed by atoms with Gasteiger partial charge >= 0.3 is 17.9 Å². The average Bonchev–Trinajstić information content (AvgIpc) is 1.56. The largest absolute Gasteiger partial charge is 0.600 e. The summed E-state index contributed by atoms with van der Waals surface area (Å²) in [5.74, 6) is -7.56. The zero-order chi connectivity index (χ0) is 79.4. The van der Waals surface area contributed by atoms with Crippen molar-refractivity contribution in [3.05, 3.63) is 49.6 Å². The standard InChI is InChI=1S/C69H97Cl2NO38/c1-23-14-30(73)15-31(74)39(23)60(82)99-35-21-93-69(59-52(35)91-22-92-59)107-36-20-90-62(45(78)51(36)108-69)105-64-55(89-13)44(77)50(34(100-64)19-86-10)103-63-46(79)54(49(87-11)26(4)96-63)104-65-57(81)67(9)58(29(7)97-65)109-68(110-67)17-32(75)47(27(5)106-68)101-37-16-33(98-38-18-66(8,72(84)85)56(80)28(6)95-38)48(25(3)94-37)102-61(83)40-24(2)41(70)43(76)42(71)53(40)88-12/h14-15,25-29,32-38,44-52,54-59,62-65,72-81,84H,16-22H2,1-13H3. The Kier molecular flexibility index (Phi) is 25.0. The molecule has 110 heavy (non-hydrogen) atoms. The molecule has 0 aliphatic carbocycles. The molecule has 2 aromatic rings. The number of carbonyl (C=O) groups excluding carboxylic acids is 2. The second-order valence-corrected chi connectivity index (χ2v) is 30.5. The van der Waals surface area contributed by atoms with E-state index in [2.05, 4.69) is 0 Å². The third kappa shape index (κ3) is 15.3. The number of benzene rings is 2. The number of rotatable bonds is 20. The van der Waals surface area contributed by atoms with Gasteiger partial charge in [0.2, 0.25) is 0 Å². The smallest absolute Gasteiger partial charge is 0.342 e. The van der Waals surface area contributed by atoms with Crippen molar-refractivity contribution >= 4 is 35.1 Å². The Labute approximate surface area is 639 Å². The van der Waals surface area contributed by atoms with Gasteiger partial charge in [0.25, 0.3) is 5.97 Å². The van der Waals surface area contributed by atoms with Gasteiger partial charge in [-0.3, -0.25) is 0 Å². The molecule has 11 aliphatic heterocycles. The molecule has 11 N–H and O–H groups in total. The molecule has 0 amide bonds. The maximum atomic E-state index is 14.2.